The van der Waals surface area contributed by atoms with Gasteiger partial charge in [0, 0.05) is 17.6 Å². The standard InChI is InChI=1S/C12H15N3OS/c1-3-8(2)15-6-4-5-9(11(15)16)10-7-17-12(13)14-10/h4-8H,3H2,1-2H3,(H2,13,14). The van der Waals surface area contributed by atoms with Gasteiger partial charge in [0.05, 0.1) is 11.3 Å². The molecule has 0 fully saturated rings. The Bertz CT molecular complexity index is 573. The van der Waals surface area contributed by atoms with E-state index in [-0.39, 0.29) is 11.6 Å². The molecule has 0 aliphatic rings. The maximum atomic E-state index is 12.3. The van der Waals surface area contributed by atoms with Gasteiger partial charge >= 0.3 is 0 Å². The van der Waals surface area contributed by atoms with E-state index in [1.165, 1.54) is 11.3 Å². The van der Waals surface area contributed by atoms with Crippen molar-refractivity contribution in [3.8, 4) is 11.3 Å². The van der Waals surface area contributed by atoms with Gasteiger partial charge in [0.15, 0.2) is 5.13 Å². The zero-order valence-electron chi connectivity index (χ0n) is 9.88. The summed E-state index contributed by atoms with van der Waals surface area (Å²) >= 11 is 1.35. The van der Waals surface area contributed by atoms with Crippen molar-refractivity contribution in [2.75, 3.05) is 5.73 Å². The fourth-order valence-corrected chi connectivity index (χ4v) is 2.22. The SMILES string of the molecule is CCC(C)n1cccc(-c2csc(N)n2)c1=O. The van der Waals surface area contributed by atoms with Crippen LogP contribution in [0, 0.1) is 0 Å². The van der Waals surface area contributed by atoms with Gasteiger partial charge in [0.1, 0.15) is 0 Å². The first kappa shape index (κ1) is 11.9. The Morgan fingerprint density at radius 3 is 2.94 bits per heavy atom. The minimum Gasteiger partial charge on any atom is -0.375 e. The van der Waals surface area contributed by atoms with Crippen LogP contribution in [0.25, 0.3) is 11.3 Å². The van der Waals surface area contributed by atoms with E-state index in [0.29, 0.717) is 16.4 Å². The number of aromatic nitrogens is 2. The highest BCUT2D eigenvalue weighted by atomic mass is 32.1. The lowest BCUT2D eigenvalue weighted by molar-refractivity contribution is 0.515. The Kier molecular flexibility index (Phi) is 3.28. The first-order valence-electron chi connectivity index (χ1n) is 5.56. The molecule has 17 heavy (non-hydrogen) atoms. The number of nitrogens with two attached hydrogens (primary N) is 1. The molecule has 0 aliphatic heterocycles. The summed E-state index contributed by atoms with van der Waals surface area (Å²) in [5, 5.41) is 2.30. The summed E-state index contributed by atoms with van der Waals surface area (Å²) in [5.74, 6) is 0. The van der Waals surface area contributed by atoms with Crippen LogP contribution in [0.5, 0.6) is 0 Å². The fraction of sp³-hybridized carbons (Fsp3) is 0.333. The number of nitrogens with zero attached hydrogens (tertiary/aromatic N) is 2. The van der Waals surface area contributed by atoms with Gasteiger partial charge in [-0.25, -0.2) is 4.98 Å². The van der Waals surface area contributed by atoms with Crippen LogP contribution < -0.4 is 11.3 Å². The second kappa shape index (κ2) is 4.71. The quantitative estimate of drug-likeness (QED) is 0.909. The predicted molar refractivity (Wildman–Crippen MR) is 71.2 cm³/mol. The first-order chi connectivity index (χ1) is 8.13. The minimum atomic E-state index is -0.00727. The Hall–Kier alpha value is -1.62. The Morgan fingerprint density at radius 2 is 2.35 bits per heavy atom. The molecule has 0 saturated heterocycles. The molecule has 1 unspecified atom stereocenters. The van der Waals surface area contributed by atoms with Crippen molar-refractivity contribution < 1.29 is 0 Å². The zero-order valence-corrected chi connectivity index (χ0v) is 10.7. The van der Waals surface area contributed by atoms with Gasteiger partial charge in [-0.2, -0.15) is 0 Å². The highest BCUT2D eigenvalue weighted by Crippen LogP contribution is 2.20. The van der Waals surface area contributed by atoms with E-state index in [9.17, 15) is 4.79 Å². The lowest BCUT2D eigenvalue weighted by Gasteiger charge is -2.13. The summed E-state index contributed by atoms with van der Waals surface area (Å²) in [6.07, 6.45) is 2.73. The van der Waals surface area contributed by atoms with E-state index in [1.807, 2.05) is 24.6 Å². The summed E-state index contributed by atoms with van der Waals surface area (Å²) in [7, 11) is 0. The van der Waals surface area contributed by atoms with Crippen molar-refractivity contribution in [1.29, 1.82) is 0 Å². The molecule has 90 valence electrons. The van der Waals surface area contributed by atoms with Crippen LogP contribution in [0.4, 0.5) is 5.13 Å². The number of hydrogen-bond donors (Lipinski definition) is 1. The molecule has 0 radical (unpaired) electrons. The third-order valence-corrected chi connectivity index (χ3v) is 3.51. The first-order valence-corrected chi connectivity index (χ1v) is 6.44. The van der Waals surface area contributed by atoms with E-state index >= 15 is 0 Å². The van der Waals surface area contributed by atoms with Crippen molar-refractivity contribution in [3.63, 3.8) is 0 Å². The maximum absolute atomic E-state index is 12.3. The summed E-state index contributed by atoms with van der Waals surface area (Å²) < 4.78 is 1.74. The topological polar surface area (TPSA) is 60.9 Å². The number of pyridine rings is 1. The summed E-state index contributed by atoms with van der Waals surface area (Å²) in [5.41, 5.74) is 6.86. The Labute approximate surface area is 104 Å². The molecular formula is C12H15N3OS. The number of hydrogen-bond acceptors (Lipinski definition) is 4. The van der Waals surface area contributed by atoms with Crippen LogP contribution in [0.15, 0.2) is 28.5 Å². The van der Waals surface area contributed by atoms with E-state index in [1.54, 1.807) is 10.6 Å². The monoisotopic (exact) mass is 249 g/mol. The Morgan fingerprint density at radius 1 is 1.59 bits per heavy atom. The van der Waals surface area contributed by atoms with Crippen LogP contribution in [0.3, 0.4) is 0 Å². The van der Waals surface area contributed by atoms with E-state index in [2.05, 4.69) is 11.9 Å². The fourth-order valence-electron chi connectivity index (χ4n) is 1.66. The molecule has 2 N–H and O–H groups in total. The molecule has 2 aromatic heterocycles. The van der Waals surface area contributed by atoms with E-state index in [4.69, 9.17) is 5.73 Å². The van der Waals surface area contributed by atoms with Gasteiger partial charge in [0.25, 0.3) is 5.56 Å². The smallest absolute Gasteiger partial charge is 0.260 e. The molecule has 1 atom stereocenters. The molecular weight excluding hydrogens is 234 g/mol. The summed E-state index contributed by atoms with van der Waals surface area (Å²) in [6, 6.07) is 3.85. The number of thiazole rings is 1. The number of nitrogen functional groups attached to an aromatic ring is 1. The normalized spacial score (nSPS) is 12.6. The second-order valence-corrected chi connectivity index (χ2v) is 4.85. The maximum Gasteiger partial charge on any atom is 0.260 e. The van der Waals surface area contributed by atoms with E-state index in [0.717, 1.165) is 6.42 Å². The molecule has 0 amide bonds. The molecule has 0 bridgehead atoms. The van der Waals surface area contributed by atoms with Crippen molar-refractivity contribution in [2.24, 2.45) is 0 Å². The highest BCUT2D eigenvalue weighted by molar-refractivity contribution is 7.13. The molecule has 0 aliphatic carbocycles. The van der Waals surface area contributed by atoms with Crippen molar-refractivity contribution in [3.05, 3.63) is 34.1 Å². The van der Waals surface area contributed by atoms with Gasteiger partial charge in [0.2, 0.25) is 0 Å². The zero-order chi connectivity index (χ0) is 12.4. The van der Waals surface area contributed by atoms with Crippen molar-refractivity contribution in [2.45, 2.75) is 26.3 Å². The van der Waals surface area contributed by atoms with Gasteiger partial charge < -0.3 is 10.3 Å². The van der Waals surface area contributed by atoms with Crippen LogP contribution in [-0.2, 0) is 0 Å². The van der Waals surface area contributed by atoms with Gasteiger partial charge in [-0.3, -0.25) is 4.79 Å². The predicted octanol–water partition coefficient (Wildman–Crippen LogP) is 2.52. The molecule has 5 heteroatoms. The summed E-state index contributed by atoms with van der Waals surface area (Å²) in [6.45, 7) is 4.09. The molecule has 0 aromatic carbocycles. The van der Waals surface area contributed by atoms with Gasteiger partial charge in [-0.1, -0.05) is 6.92 Å². The lowest BCUT2D eigenvalue weighted by Crippen LogP contribution is -2.23. The second-order valence-electron chi connectivity index (χ2n) is 3.96. The molecule has 2 rings (SSSR count). The van der Waals surface area contributed by atoms with Crippen molar-refractivity contribution >= 4 is 16.5 Å². The van der Waals surface area contributed by atoms with Crippen LogP contribution in [0.2, 0.25) is 0 Å². The van der Waals surface area contributed by atoms with Gasteiger partial charge in [-0.15, -0.1) is 11.3 Å². The third kappa shape index (κ3) is 2.24. The molecule has 2 aromatic rings. The van der Waals surface area contributed by atoms with Gasteiger partial charge in [-0.05, 0) is 25.5 Å². The number of rotatable bonds is 3. The molecule has 0 spiro atoms. The molecule has 0 saturated carbocycles. The van der Waals surface area contributed by atoms with Crippen LogP contribution in [-0.4, -0.2) is 9.55 Å². The van der Waals surface area contributed by atoms with Crippen LogP contribution in [0.1, 0.15) is 26.3 Å². The largest absolute Gasteiger partial charge is 0.375 e. The highest BCUT2D eigenvalue weighted by Gasteiger charge is 2.11. The van der Waals surface area contributed by atoms with Crippen LogP contribution >= 0.6 is 11.3 Å². The van der Waals surface area contributed by atoms with Crippen molar-refractivity contribution in [1.82, 2.24) is 9.55 Å². The minimum absolute atomic E-state index is 0.00727. The lowest BCUT2D eigenvalue weighted by atomic mass is 10.2. The average Bonchev–Trinajstić information content (AvgIpc) is 2.75. The average molecular weight is 249 g/mol. The number of anilines is 1. The third-order valence-electron chi connectivity index (χ3n) is 2.84. The Balaban J connectivity index is 2.53. The van der Waals surface area contributed by atoms with E-state index < -0.39 is 0 Å². The molecule has 2 heterocycles. The summed E-state index contributed by atoms with van der Waals surface area (Å²) in [4.78, 5) is 16.4. The molecule has 4 nitrogen and oxygen atoms in total.